The van der Waals surface area contributed by atoms with Crippen LogP contribution < -0.4 is 5.32 Å². The number of benzene rings is 1. The van der Waals surface area contributed by atoms with E-state index < -0.39 is 12.0 Å². The van der Waals surface area contributed by atoms with Crippen molar-refractivity contribution >= 4 is 38.7 Å². The second-order valence-corrected chi connectivity index (χ2v) is 8.13. The lowest BCUT2D eigenvalue weighted by molar-refractivity contribution is -0.118. The first kappa shape index (κ1) is 19.0. The molecule has 28 heavy (non-hydrogen) atoms. The van der Waals surface area contributed by atoms with E-state index in [0.29, 0.717) is 30.3 Å². The Kier molecular flexibility index (Phi) is 5.16. The monoisotopic (exact) mass is 443 g/mol. The molecule has 2 atom stereocenters. The van der Waals surface area contributed by atoms with Crippen LogP contribution in [0.3, 0.4) is 0 Å². The smallest absolute Gasteiger partial charge is 0.225 e. The molecule has 1 unspecified atom stereocenters. The number of aliphatic hydroxyl groups excluding tert-OH is 1. The minimum absolute atomic E-state index is 0.123. The van der Waals surface area contributed by atoms with Gasteiger partial charge in [0.15, 0.2) is 11.4 Å². The maximum atomic E-state index is 12.9. The molecule has 0 amide bonds. The molecule has 0 radical (unpaired) electrons. The molecule has 2 heterocycles. The maximum Gasteiger partial charge on any atom is 0.225 e. The Morgan fingerprint density at radius 2 is 2.21 bits per heavy atom. The van der Waals surface area contributed by atoms with Gasteiger partial charge in [0.1, 0.15) is 0 Å². The Bertz CT molecular complexity index is 1050. The molecule has 0 spiro atoms. The second-order valence-electron chi connectivity index (χ2n) is 7.21. The first-order valence-electron chi connectivity index (χ1n) is 9.44. The van der Waals surface area contributed by atoms with Crippen molar-refractivity contribution in [1.82, 2.24) is 19.7 Å². The zero-order valence-electron chi connectivity index (χ0n) is 15.8. The topological polar surface area (TPSA) is 92.9 Å². The number of hydrogen-bond acceptors (Lipinski definition) is 6. The van der Waals surface area contributed by atoms with Crippen molar-refractivity contribution in [2.24, 2.45) is 0 Å². The first-order chi connectivity index (χ1) is 13.5. The number of carbonyl (C=O) groups excluding carboxylic acids is 1. The zero-order chi connectivity index (χ0) is 19.8. The highest BCUT2D eigenvalue weighted by atomic mass is 79.9. The van der Waals surface area contributed by atoms with E-state index in [9.17, 15) is 9.90 Å². The molecular formula is C20H22BrN5O2. The molecule has 7 nitrogen and oxygen atoms in total. The molecule has 0 saturated carbocycles. The normalized spacial score (nSPS) is 17.1. The molecule has 146 valence electrons. The van der Waals surface area contributed by atoms with E-state index in [-0.39, 0.29) is 5.78 Å². The van der Waals surface area contributed by atoms with Crippen LogP contribution in [0.2, 0.25) is 0 Å². The minimum Gasteiger partial charge on any atom is -0.392 e. The Balaban J connectivity index is 1.87. The molecular weight excluding hydrogens is 422 g/mol. The van der Waals surface area contributed by atoms with Gasteiger partial charge in [0.2, 0.25) is 5.95 Å². The summed E-state index contributed by atoms with van der Waals surface area (Å²) in [7, 11) is 0. The molecule has 4 rings (SSSR count). The van der Waals surface area contributed by atoms with E-state index in [1.54, 1.807) is 6.92 Å². The van der Waals surface area contributed by atoms with Gasteiger partial charge in [0, 0.05) is 30.2 Å². The molecule has 1 aromatic carbocycles. The number of aryl methyl sites for hydroxylation is 1. The summed E-state index contributed by atoms with van der Waals surface area (Å²) < 4.78 is 2.79. The fourth-order valence-electron chi connectivity index (χ4n) is 3.61. The third kappa shape index (κ3) is 3.54. The molecule has 2 N–H and O–H groups in total. The third-order valence-corrected chi connectivity index (χ3v) is 5.34. The van der Waals surface area contributed by atoms with Crippen molar-refractivity contribution in [3.63, 3.8) is 0 Å². The van der Waals surface area contributed by atoms with Gasteiger partial charge in [-0.2, -0.15) is 10.1 Å². The van der Waals surface area contributed by atoms with Crippen molar-refractivity contribution in [2.75, 3.05) is 11.9 Å². The molecule has 2 aromatic heterocycles. The summed E-state index contributed by atoms with van der Waals surface area (Å²) in [6.45, 7) is 4.87. The van der Waals surface area contributed by atoms with Crippen LogP contribution in [-0.4, -0.2) is 43.3 Å². The summed E-state index contributed by atoms with van der Waals surface area (Å²) in [5.74, 6) is 0.0589. The van der Waals surface area contributed by atoms with E-state index >= 15 is 0 Å². The van der Waals surface area contributed by atoms with Gasteiger partial charge in [-0.05, 0) is 36.6 Å². The van der Waals surface area contributed by atoms with Crippen molar-refractivity contribution in [3.05, 3.63) is 45.7 Å². The van der Waals surface area contributed by atoms with Gasteiger partial charge < -0.3 is 10.4 Å². The number of ketones is 1. The van der Waals surface area contributed by atoms with E-state index in [0.717, 1.165) is 34.0 Å². The number of nitrogens with one attached hydrogen (secondary N) is 1. The van der Waals surface area contributed by atoms with Crippen LogP contribution >= 0.6 is 15.9 Å². The summed E-state index contributed by atoms with van der Waals surface area (Å²) in [6.07, 6.45) is 2.74. The van der Waals surface area contributed by atoms with Gasteiger partial charge in [0.25, 0.3) is 0 Å². The van der Waals surface area contributed by atoms with E-state index in [4.69, 9.17) is 0 Å². The number of anilines is 1. The SMILES string of the molecule is CCCn1cc2c(C3C(=O)Cc4ccc(Br)cc43)nc(NC[C@@H](C)O)nc2n1. The van der Waals surface area contributed by atoms with Gasteiger partial charge in [0.05, 0.1) is 23.1 Å². The van der Waals surface area contributed by atoms with Crippen molar-refractivity contribution < 1.29 is 9.90 Å². The first-order valence-corrected chi connectivity index (χ1v) is 10.2. The Labute approximate surface area is 171 Å². The largest absolute Gasteiger partial charge is 0.392 e. The van der Waals surface area contributed by atoms with Crippen LogP contribution in [0.4, 0.5) is 5.95 Å². The lowest BCUT2D eigenvalue weighted by atomic mass is 9.95. The zero-order valence-corrected chi connectivity index (χ0v) is 17.4. The number of nitrogens with zero attached hydrogens (tertiary/aromatic N) is 4. The van der Waals surface area contributed by atoms with E-state index in [2.05, 4.69) is 43.2 Å². The highest BCUT2D eigenvalue weighted by Crippen LogP contribution is 2.39. The highest BCUT2D eigenvalue weighted by molar-refractivity contribution is 9.10. The van der Waals surface area contributed by atoms with Crippen LogP contribution in [-0.2, 0) is 17.8 Å². The fraction of sp³-hybridized carbons (Fsp3) is 0.400. The summed E-state index contributed by atoms with van der Waals surface area (Å²) >= 11 is 3.51. The number of fused-ring (bicyclic) bond motifs is 2. The Hall–Kier alpha value is -2.32. The average Bonchev–Trinajstić information content (AvgIpc) is 3.19. The van der Waals surface area contributed by atoms with Crippen molar-refractivity contribution in [2.45, 2.75) is 45.3 Å². The fourth-order valence-corrected chi connectivity index (χ4v) is 3.99. The molecule has 0 saturated heterocycles. The molecule has 1 aliphatic carbocycles. The number of aliphatic hydroxyl groups is 1. The summed E-state index contributed by atoms with van der Waals surface area (Å²) in [5.41, 5.74) is 3.23. The number of aromatic nitrogens is 4. The number of halogens is 1. The number of carbonyl (C=O) groups is 1. The van der Waals surface area contributed by atoms with Gasteiger partial charge in [-0.15, -0.1) is 0 Å². The summed E-state index contributed by atoms with van der Waals surface area (Å²) in [5, 5.41) is 18.0. The van der Waals surface area contributed by atoms with Crippen LogP contribution in [0.1, 0.15) is 43.0 Å². The van der Waals surface area contributed by atoms with Gasteiger partial charge >= 0.3 is 0 Å². The van der Waals surface area contributed by atoms with Gasteiger partial charge in [-0.3, -0.25) is 9.48 Å². The Morgan fingerprint density at radius 1 is 1.39 bits per heavy atom. The minimum atomic E-state index is -0.537. The van der Waals surface area contributed by atoms with Crippen molar-refractivity contribution in [3.8, 4) is 0 Å². The van der Waals surface area contributed by atoms with Crippen LogP contribution in [0.25, 0.3) is 11.0 Å². The number of Topliss-reactive ketones (excluding diaryl/α,β-unsaturated/α-hetero) is 1. The van der Waals surface area contributed by atoms with Crippen LogP contribution in [0.5, 0.6) is 0 Å². The highest BCUT2D eigenvalue weighted by Gasteiger charge is 2.35. The van der Waals surface area contributed by atoms with E-state index in [1.807, 2.05) is 29.1 Å². The molecule has 0 bridgehead atoms. The van der Waals surface area contributed by atoms with Gasteiger partial charge in [-0.25, -0.2) is 4.98 Å². The Morgan fingerprint density at radius 3 is 2.96 bits per heavy atom. The predicted molar refractivity (Wildman–Crippen MR) is 110 cm³/mol. The molecule has 0 fully saturated rings. The maximum absolute atomic E-state index is 12.9. The predicted octanol–water partition coefficient (Wildman–Crippen LogP) is 3.05. The lowest BCUT2D eigenvalue weighted by Gasteiger charge is -2.14. The summed E-state index contributed by atoms with van der Waals surface area (Å²) in [6, 6.07) is 5.94. The third-order valence-electron chi connectivity index (χ3n) is 4.84. The molecule has 8 heteroatoms. The molecule has 1 aliphatic rings. The average molecular weight is 444 g/mol. The summed E-state index contributed by atoms with van der Waals surface area (Å²) in [4.78, 5) is 22.1. The second kappa shape index (κ2) is 7.60. The van der Waals surface area contributed by atoms with Gasteiger partial charge in [-0.1, -0.05) is 28.9 Å². The molecule has 0 aliphatic heterocycles. The van der Waals surface area contributed by atoms with E-state index in [1.165, 1.54) is 0 Å². The van der Waals surface area contributed by atoms with Crippen LogP contribution in [0.15, 0.2) is 28.9 Å². The standard InChI is InChI=1S/C20H22BrN5O2/c1-3-6-26-10-15-18(23-20(22-9-11(2)27)24-19(15)25-26)17-14-8-13(21)5-4-12(14)7-16(17)28/h4-5,8,10-11,17,27H,3,6-7,9H2,1-2H3,(H,22,24,25)/t11-,17?/m1/s1. The number of rotatable bonds is 6. The van der Waals surface area contributed by atoms with Crippen molar-refractivity contribution in [1.29, 1.82) is 0 Å². The lowest BCUT2D eigenvalue weighted by Crippen LogP contribution is -2.18. The number of hydrogen-bond donors (Lipinski definition) is 2. The van der Waals surface area contributed by atoms with Crippen LogP contribution in [0, 0.1) is 0 Å². The molecule has 3 aromatic rings. The quantitative estimate of drug-likeness (QED) is 0.607.